The number of benzene rings is 3. The van der Waals surface area contributed by atoms with Crippen molar-refractivity contribution in [2.24, 2.45) is 0 Å². The number of fused-ring (bicyclic) bond motifs is 1. The van der Waals surface area contributed by atoms with Crippen LogP contribution in [-0.4, -0.2) is 27.1 Å². The summed E-state index contributed by atoms with van der Waals surface area (Å²) in [6.07, 6.45) is 1.65. The highest BCUT2D eigenvalue weighted by molar-refractivity contribution is 6.22. The standard InChI is InChI=1S/C17H12O4.C6H5NO2/c18-15(19)17(16(20)21)13-9-5-4-8-12(13)10-14(17)11-6-2-1-3-7-11;8-7(9)6-4-2-1-3-5-6/h1-10H,(H,18,19)(H,20,21);1-5H. The Hall–Kier alpha value is -4.26. The van der Waals surface area contributed by atoms with Gasteiger partial charge in [0.15, 0.2) is 0 Å². The number of nitro benzene ring substituents is 1. The fourth-order valence-corrected chi connectivity index (χ4v) is 3.39. The van der Waals surface area contributed by atoms with Crippen molar-refractivity contribution in [1.29, 1.82) is 0 Å². The van der Waals surface area contributed by atoms with Gasteiger partial charge in [-0.2, -0.15) is 0 Å². The van der Waals surface area contributed by atoms with Gasteiger partial charge in [0.25, 0.3) is 5.69 Å². The van der Waals surface area contributed by atoms with Crippen LogP contribution in [0.1, 0.15) is 16.7 Å². The molecule has 0 heterocycles. The minimum Gasteiger partial charge on any atom is -0.480 e. The zero-order valence-corrected chi connectivity index (χ0v) is 15.6. The SMILES string of the molecule is O=C(O)C1(C(=O)O)C(c2ccccc2)=Cc2ccccc21.O=[N+]([O-])c1ccccc1. The van der Waals surface area contributed by atoms with Crippen LogP contribution in [0.5, 0.6) is 0 Å². The zero-order valence-electron chi connectivity index (χ0n) is 15.6. The van der Waals surface area contributed by atoms with Crippen molar-refractivity contribution in [2.75, 3.05) is 0 Å². The smallest absolute Gasteiger partial charge is 0.330 e. The molecule has 30 heavy (non-hydrogen) atoms. The number of non-ortho nitro benzene ring substituents is 1. The molecule has 0 bridgehead atoms. The molecule has 0 atom stereocenters. The predicted molar refractivity (Wildman–Crippen MR) is 111 cm³/mol. The van der Waals surface area contributed by atoms with Crippen molar-refractivity contribution in [2.45, 2.75) is 5.41 Å². The molecule has 1 aliphatic rings. The quantitative estimate of drug-likeness (QED) is 0.382. The van der Waals surface area contributed by atoms with Crippen molar-refractivity contribution in [3.05, 3.63) is 112 Å². The first-order valence-corrected chi connectivity index (χ1v) is 8.92. The number of hydrogen-bond acceptors (Lipinski definition) is 4. The fraction of sp³-hybridized carbons (Fsp3) is 0.0435. The minimum absolute atomic E-state index is 0.137. The Morgan fingerprint density at radius 1 is 0.767 bits per heavy atom. The van der Waals surface area contributed by atoms with Gasteiger partial charge in [0.2, 0.25) is 5.41 Å². The van der Waals surface area contributed by atoms with E-state index in [1.807, 2.05) is 0 Å². The van der Waals surface area contributed by atoms with Gasteiger partial charge >= 0.3 is 11.9 Å². The normalized spacial score (nSPS) is 13.3. The molecule has 0 radical (unpaired) electrons. The van der Waals surface area contributed by atoms with Gasteiger partial charge in [0.05, 0.1) is 4.92 Å². The maximum Gasteiger partial charge on any atom is 0.330 e. The summed E-state index contributed by atoms with van der Waals surface area (Å²) >= 11 is 0. The summed E-state index contributed by atoms with van der Waals surface area (Å²) in [5, 5.41) is 29.4. The Balaban J connectivity index is 0.000000239. The van der Waals surface area contributed by atoms with Crippen molar-refractivity contribution in [3.8, 4) is 0 Å². The highest BCUT2D eigenvalue weighted by Crippen LogP contribution is 2.47. The number of rotatable bonds is 4. The van der Waals surface area contributed by atoms with Crippen LogP contribution in [0.3, 0.4) is 0 Å². The maximum atomic E-state index is 11.9. The maximum absolute atomic E-state index is 11.9. The summed E-state index contributed by atoms with van der Waals surface area (Å²) in [6.45, 7) is 0. The Kier molecular flexibility index (Phi) is 5.73. The lowest BCUT2D eigenvalue weighted by Crippen LogP contribution is -2.43. The van der Waals surface area contributed by atoms with Crippen molar-refractivity contribution in [1.82, 2.24) is 0 Å². The van der Waals surface area contributed by atoms with Gasteiger partial charge in [-0.1, -0.05) is 72.8 Å². The van der Waals surface area contributed by atoms with Gasteiger partial charge in [-0.05, 0) is 28.3 Å². The lowest BCUT2D eigenvalue weighted by Gasteiger charge is -2.25. The molecule has 0 spiro atoms. The molecule has 0 saturated heterocycles. The number of hydrogen-bond donors (Lipinski definition) is 2. The number of aliphatic carboxylic acids is 2. The lowest BCUT2D eigenvalue weighted by molar-refractivity contribution is -0.384. The average molecular weight is 403 g/mol. The molecule has 3 aromatic carbocycles. The average Bonchev–Trinajstić information content (AvgIpc) is 3.12. The summed E-state index contributed by atoms with van der Waals surface area (Å²) in [6, 6.07) is 23.4. The van der Waals surface area contributed by atoms with Crippen LogP contribution in [-0.2, 0) is 15.0 Å². The summed E-state index contributed by atoms with van der Waals surface area (Å²) in [5.41, 5.74) is -0.122. The van der Waals surface area contributed by atoms with Gasteiger partial charge < -0.3 is 10.2 Å². The molecule has 0 amide bonds. The number of para-hydroxylation sites is 1. The van der Waals surface area contributed by atoms with E-state index in [0.717, 1.165) is 0 Å². The molecule has 0 aliphatic heterocycles. The second-order valence-corrected chi connectivity index (χ2v) is 6.46. The van der Waals surface area contributed by atoms with E-state index in [-0.39, 0.29) is 11.3 Å². The van der Waals surface area contributed by atoms with E-state index in [1.165, 1.54) is 12.1 Å². The number of carboxylic acids is 2. The van der Waals surface area contributed by atoms with E-state index < -0.39 is 22.3 Å². The molecule has 4 rings (SSSR count). The molecule has 0 aromatic heterocycles. The topological polar surface area (TPSA) is 118 Å². The molecular formula is C23H17NO6. The molecule has 7 heteroatoms. The third-order valence-electron chi connectivity index (χ3n) is 4.76. The molecular weight excluding hydrogens is 386 g/mol. The van der Waals surface area contributed by atoms with Crippen LogP contribution in [0.25, 0.3) is 11.6 Å². The molecule has 1 aliphatic carbocycles. The number of carbonyl (C=O) groups is 2. The molecule has 7 nitrogen and oxygen atoms in total. The molecule has 3 aromatic rings. The Morgan fingerprint density at radius 3 is 1.77 bits per heavy atom. The first-order valence-electron chi connectivity index (χ1n) is 8.92. The first-order chi connectivity index (χ1) is 14.4. The van der Waals surface area contributed by atoms with E-state index in [2.05, 4.69) is 0 Å². The van der Waals surface area contributed by atoms with Crippen LogP contribution in [0.15, 0.2) is 84.9 Å². The Labute approximate surface area is 171 Å². The Morgan fingerprint density at radius 2 is 1.27 bits per heavy atom. The summed E-state index contributed by atoms with van der Waals surface area (Å²) in [5.74, 6) is -2.76. The zero-order chi connectivity index (χ0) is 21.7. The van der Waals surface area contributed by atoms with Gasteiger partial charge in [-0.3, -0.25) is 19.7 Å². The van der Waals surface area contributed by atoms with Crippen molar-refractivity contribution >= 4 is 29.3 Å². The van der Waals surface area contributed by atoms with Crippen molar-refractivity contribution in [3.63, 3.8) is 0 Å². The van der Waals surface area contributed by atoms with E-state index in [1.54, 1.807) is 78.9 Å². The molecule has 0 saturated carbocycles. The number of nitro groups is 1. The Bertz CT molecular complexity index is 1110. The first kappa shape index (κ1) is 20.5. The van der Waals surface area contributed by atoms with E-state index in [9.17, 15) is 29.9 Å². The van der Waals surface area contributed by atoms with Gasteiger partial charge in [-0.25, -0.2) is 0 Å². The van der Waals surface area contributed by atoms with Gasteiger partial charge in [0.1, 0.15) is 0 Å². The molecule has 2 N–H and O–H groups in total. The summed E-state index contributed by atoms with van der Waals surface area (Å²) in [7, 11) is 0. The van der Waals surface area contributed by atoms with Crippen LogP contribution in [0, 0.1) is 10.1 Å². The lowest BCUT2D eigenvalue weighted by atomic mass is 9.75. The monoisotopic (exact) mass is 403 g/mol. The van der Waals surface area contributed by atoms with Crippen LogP contribution in [0.4, 0.5) is 5.69 Å². The van der Waals surface area contributed by atoms with E-state index >= 15 is 0 Å². The summed E-state index contributed by atoms with van der Waals surface area (Å²) in [4.78, 5) is 33.4. The highest BCUT2D eigenvalue weighted by atomic mass is 16.6. The van der Waals surface area contributed by atoms with Crippen LogP contribution in [0.2, 0.25) is 0 Å². The van der Waals surface area contributed by atoms with E-state index in [4.69, 9.17) is 0 Å². The minimum atomic E-state index is -2.06. The van der Waals surface area contributed by atoms with Gasteiger partial charge in [0, 0.05) is 12.1 Å². The molecule has 150 valence electrons. The third kappa shape index (κ3) is 3.56. The predicted octanol–water partition coefficient (Wildman–Crippen LogP) is 4.24. The molecule has 0 fully saturated rings. The number of nitrogens with zero attached hydrogens (tertiary/aromatic N) is 1. The van der Waals surface area contributed by atoms with E-state index in [0.29, 0.717) is 16.7 Å². The second-order valence-electron chi connectivity index (χ2n) is 6.46. The largest absolute Gasteiger partial charge is 0.480 e. The molecule has 0 unspecified atom stereocenters. The highest BCUT2D eigenvalue weighted by Gasteiger charge is 2.55. The summed E-state index contributed by atoms with van der Waals surface area (Å²) < 4.78 is 0. The van der Waals surface area contributed by atoms with Crippen molar-refractivity contribution < 1.29 is 24.7 Å². The second kappa shape index (κ2) is 8.40. The fourth-order valence-electron chi connectivity index (χ4n) is 3.39. The third-order valence-corrected chi connectivity index (χ3v) is 4.76. The van der Waals surface area contributed by atoms with Crippen LogP contribution >= 0.6 is 0 Å². The van der Waals surface area contributed by atoms with Gasteiger partial charge in [-0.15, -0.1) is 0 Å². The van der Waals surface area contributed by atoms with Crippen LogP contribution < -0.4 is 0 Å². The number of carboxylic acid groups (broad SMARTS) is 2.